The second kappa shape index (κ2) is 8.00. The number of nitrogens with zero attached hydrogens (tertiary/aromatic N) is 3. The molecule has 0 unspecified atom stereocenters. The molecule has 2 atom stereocenters. The molecule has 3 aromatic rings. The summed E-state index contributed by atoms with van der Waals surface area (Å²) < 4.78 is 15.8. The van der Waals surface area contributed by atoms with Crippen molar-refractivity contribution < 1.29 is 4.39 Å². The van der Waals surface area contributed by atoms with Gasteiger partial charge in [-0.25, -0.2) is 4.39 Å². The summed E-state index contributed by atoms with van der Waals surface area (Å²) in [5.41, 5.74) is 2.85. The first-order valence-electron chi connectivity index (χ1n) is 10.3. The summed E-state index contributed by atoms with van der Waals surface area (Å²) in [6, 6.07) is 15.2. The van der Waals surface area contributed by atoms with Crippen LogP contribution in [0.5, 0.6) is 0 Å². The Kier molecular flexibility index (Phi) is 5.21. The molecule has 1 N–H and O–H groups in total. The van der Waals surface area contributed by atoms with Crippen LogP contribution >= 0.6 is 23.8 Å². The molecule has 0 spiro atoms. The third kappa shape index (κ3) is 3.38. The molecule has 5 rings (SSSR count). The van der Waals surface area contributed by atoms with Crippen LogP contribution in [-0.2, 0) is 0 Å². The Hall–Kier alpha value is -2.44. The molecule has 1 aliphatic heterocycles. The molecule has 0 radical (unpaired) electrons. The minimum absolute atomic E-state index is 0.0191. The number of aromatic nitrogens is 2. The molecule has 1 aliphatic carbocycles. The SMILES string of the molecule is Fc1ccc(-n2cccc2[C@@H]2[C@@H](c3ccccn3)NC(=S)N2C2CCCC2)cc1Cl. The summed E-state index contributed by atoms with van der Waals surface area (Å²) in [6.45, 7) is 0. The highest BCUT2D eigenvalue weighted by atomic mass is 35.5. The second-order valence-corrected chi connectivity index (χ2v) is 8.67. The second-order valence-electron chi connectivity index (χ2n) is 7.87. The van der Waals surface area contributed by atoms with Gasteiger partial charge in [-0.15, -0.1) is 0 Å². The Morgan fingerprint density at radius 3 is 2.67 bits per heavy atom. The van der Waals surface area contributed by atoms with Crippen LogP contribution in [-0.4, -0.2) is 25.6 Å². The van der Waals surface area contributed by atoms with E-state index in [4.69, 9.17) is 23.8 Å². The van der Waals surface area contributed by atoms with Crippen molar-refractivity contribution in [1.82, 2.24) is 19.8 Å². The van der Waals surface area contributed by atoms with Crippen LogP contribution in [0.25, 0.3) is 5.69 Å². The Morgan fingerprint density at radius 1 is 1.10 bits per heavy atom. The molecule has 154 valence electrons. The van der Waals surface area contributed by atoms with Gasteiger partial charge in [0.15, 0.2) is 5.11 Å². The summed E-state index contributed by atoms with van der Waals surface area (Å²) >= 11 is 11.9. The number of thiocarbonyl (C=S) groups is 1. The van der Waals surface area contributed by atoms with E-state index in [-0.39, 0.29) is 17.1 Å². The van der Waals surface area contributed by atoms with Crippen molar-refractivity contribution in [2.75, 3.05) is 0 Å². The number of rotatable bonds is 4. The summed E-state index contributed by atoms with van der Waals surface area (Å²) in [4.78, 5) is 6.98. The first-order chi connectivity index (χ1) is 14.6. The largest absolute Gasteiger partial charge is 0.352 e. The van der Waals surface area contributed by atoms with Crippen LogP contribution < -0.4 is 5.32 Å². The maximum Gasteiger partial charge on any atom is 0.170 e. The van der Waals surface area contributed by atoms with E-state index in [1.165, 1.54) is 18.9 Å². The van der Waals surface area contributed by atoms with Crippen molar-refractivity contribution in [1.29, 1.82) is 0 Å². The number of nitrogens with one attached hydrogen (secondary N) is 1. The molecule has 3 heterocycles. The van der Waals surface area contributed by atoms with Crippen LogP contribution in [0.1, 0.15) is 49.2 Å². The first-order valence-corrected chi connectivity index (χ1v) is 11.0. The van der Waals surface area contributed by atoms with Gasteiger partial charge < -0.3 is 14.8 Å². The molecule has 2 aromatic heterocycles. The van der Waals surface area contributed by atoms with Crippen LogP contribution in [0.15, 0.2) is 60.9 Å². The zero-order valence-corrected chi connectivity index (χ0v) is 17.9. The van der Waals surface area contributed by atoms with Crippen LogP contribution in [0.2, 0.25) is 5.02 Å². The molecular formula is C23H22ClFN4S. The average Bonchev–Trinajstić information content (AvgIpc) is 3.50. The Labute approximate surface area is 185 Å². The number of halogens is 2. The fraction of sp³-hybridized carbons (Fsp3) is 0.304. The van der Waals surface area contributed by atoms with Gasteiger partial charge in [0, 0.05) is 29.8 Å². The van der Waals surface area contributed by atoms with Gasteiger partial charge in [-0.05, 0) is 67.5 Å². The molecule has 1 saturated carbocycles. The first kappa shape index (κ1) is 19.5. The van der Waals surface area contributed by atoms with Gasteiger partial charge >= 0.3 is 0 Å². The fourth-order valence-electron chi connectivity index (χ4n) is 4.76. The minimum atomic E-state index is -0.420. The van der Waals surface area contributed by atoms with Crippen molar-refractivity contribution in [2.24, 2.45) is 0 Å². The zero-order chi connectivity index (χ0) is 20.7. The highest BCUT2D eigenvalue weighted by Gasteiger charge is 2.44. The van der Waals surface area contributed by atoms with Gasteiger partial charge in [-0.2, -0.15) is 0 Å². The molecule has 0 amide bonds. The molecule has 1 saturated heterocycles. The molecule has 4 nitrogen and oxygen atoms in total. The Morgan fingerprint density at radius 2 is 1.93 bits per heavy atom. The topological polar surface area (TPSA) is 33.1 Å². The zero-order valence-electron chi connectivity index (χ0n) is 16.3. The standard InChI is InChI=1S/C23H22ClFN4S/c24-17-14-16(10-11-18(17)25)28-13-5-9-20(28)22-21(19-8-3-4-12-26-19)27-23(30)29(22)15-6-1-2-7-15/h3-5,8-15,21-22H,1-2,6-7H2,(H,27,30)/t21-,22-/m1/s1. The third-order valence-corrected chi connectivity index (χ3v) is 6.74. The van der Waals surface area contributed by atoms with Gasteiger partial charge in [0.05, 0.1) is 22.8 Å². The quantitative estimate of drug-likeness (QED) is 0.537. The summed E-state index contributed by atoms with van der Waals surface area (Å²) in [7, 11) is 0. The third-order valence-electron chi connectivity index (χ3n) is 6.12. The van der Waals surface area contributed by atoms with E-state index in [0.29, 0.717) is 6.04 Å². The lowest BCUT2D eigenvalue weighted by Gasteiger charge is -2.33. The summed E-state index contributed by atoms with van der Waals surface area (Å²) in [6.07, 6.45) is 8.52. The maximum atomic E-state index is 13.8. The molecule has 0 bridgehead atoms. The monoisotopic (exact) mass is 440 g/mol. The van der Waals surface area contributed by atoms with E-state index < -0.39 is 5.82 Å². The number of pyridine rings is 1. The van der Waals surface area contributed by atoms with E-state index in [2.05, 4.69) is 25.8 Å². The van der Waals surface area contributed by atoms with Crippen LogP contribution in [0, 0.1) is 5.82 Å². The fourth-order valence-corrected chi connectivity index (χ4v) is 5.33. The molecular weight excluding hydrogens is 419 g/mol. The van der Waals surface area contributed by atoms with Crippen LogP contribution in [0.4, 0.5) is 4.39 Å². The lowest BCUT2D eigenvalue weighted by Crippen LogP contribution is -2.38. The van der Waals surface area contributed by atoms with E-state index in [1.807, 2.05) is 36.7 Å². The molecule has 1 aromatic carbocycles. The Balaban J connectivity index is 1.62. The van der Waals surface area contributed by atoms with Gasteiger partial charge in [0.2, 0.25) is 0 Å². The molecule has 7 heteroatoms. The highest BCUT2D eigenvalue weighted by molar-refractivity contribution is 7.80. The number of benzene rings is 1. The number of hydrogen-bond acceptors (Lipinski definition) is 2. The Bertz CT molecular complexity index is 1060. The molecule has 30 heavy (non-hydrogen) atoms. The predicted octanol–water partition coefficient (Wildman–Crippen LogP) is 5.58. The van der Waals surface area contributed by atoms with E-state index in [9.17, 15) is 4.39 Å². The van der Waals surface area contributed by atoms with Crippen molar-refractivity contribution in [3.63, 3.8) is 0 Å². The maximum absolute atomic E-state index is 13.8. The van der Waals surface area contributed by atoms with Crippen molar-refractivity contribution in [3.05, 3.63) is 83.2 Å². The van der Waals surface area contributed by atoms with E-state index in [1.54, 1.807) is 12.1 Å². The average molecular weight is 441 g/mol. The van der Waals surface area contributed by atoms with Crippen LogP contribution in [0.3, 0.4) is 0 Å². The van der Waals surface area contributed by atoms with E-state index >= 15 is 0 Å². The smallest absolute Gasteiger partial charge is 0.170 e. The predicted molar refractivity (Wildman–Crippen MR) is 120 cm³/mol. The van der Waals surface area contributed by atoms with Gasteiger partial charge in [0.25, 0.3) is 0 Å². The minimum Gasteiger partial charge on any atom is -0.352 e. The van der Waals surface area contributed by atoms with Crippen molar-refractivity contribution >= 4 is 28.9 Å². The van der Waals surface area contributed by atoms with Crippen molar-refractivity contribution in [3.8, 4) is 5.69 Å². The lowest BCUT2D eigenvalue weighted by atomic mass is 9.99. The summed E-state index contributed by atoms with van der Waals surface area (Å²) in [5, 5.41) is 4.41. The van der Waals surface area contributed by atoms with Gasteiger partial charge in [-0.3, -0.25) is 4.98 Å². The van der Waals surface area contributed by atoms with Gasteiger partial charge in [0.1, 0.15) is 5.82 Å². The molecule has 2 aliphatic rings. The van der Waals surface area contributed by atoms with Gasteiger partial charge in [-0.1, -0.05) is 30.5 Å². The van der Waals surface area contributed by atoms with Crippen molar-refractivity contribution in [2.45, 2.75) is 43.8 Å². The normalized spacial score (nSPS) is 21.9. The highest BCUT2D eigenvalue weighted by Crippen LogP contribution is 2.43. The lowest BCUT2D eigenvalue weighted by molar-refractivity contribution is 0.239. The number of hydrogen-bond donors (Lipinski definition) is 1. The summed E-state index contributed by atoms with van der Waals surface area (Å²) in [5.74, 6) is -0.420. The van der Waals surface area contributed by atoms with E-state index in [0.717, 1.165) is 35.0 Å². The molecule has 2 fully saturated rings.